The molecule has 0 aromatic heterocycles. The van der Waals surface area contributed by atoms with Crippen LogP contribution in [-0.4, -0.2) is 41.0 Å². The summed E-state index contributed by atoms with van der Waals surface area (Å²) >= 11 is 0. The fraction of sp³-hybridized carbons (Fsp3) is 0.805. The molecule has 50 heavy (non-hydrogen) atoms. The second-order valence-corrected chi connectivity index (χ2v) is 14.8. The van der Waals surface area contributed by atoms with Gasteiger partial charge in [0.15, 0.2) is 6.10 Å². The van der Waals surface area contributed by atoms with E-state index >= 15 is 0 Å². The third-order valence-electron chi connectivity index (χ3n) is 8.63. The second-order valence-electron chi connectivity index (χ2n) is 13.6. The first kappa shape index (κ1) is 48.3. The van der Waals surface area contributed by atoms with E-state index in [0.29, 0.717) is 12.8 Å². The van der Waals surface area contributed by atoms with Crippen molar-refractivity contribution >= 4 is 19.8 Å². The molecule has 292 valence electrons. The smallest absolute Gasteiger partial charge is 0.462 e. The van der Waals surface area contributed by atoms with E-state index in [9.17, 15) is 14.2 Å². The van der Waals surface area contributed by atoms with Crippen molar-refractivity contribution in [2.45, 2.75) is 200 Å². The van der Waals surface area contributed by atoms with Crippen LogP contribution in [0.1, 0.15) is 194 Å². The lowest BCUT2D eigenvalue weighted by Gasteiger charge is -2.18. The van der Waals surface area contributed by atoms with Gasteiger partial charge in [-0.3, -0.25) is 14.1 Å². The van der Waals surface area contributed by atoms with E-state index in [4.69, 9.17) is 19.3 Å². The Morgan fingerprint density at radius 1 is 0.520 bits per heavy atom. The number of carbonyl (C=O) groups excluding carboxylic acids is 2. The maximum Gasteiger partial charge on any atom is 0.469 e. The van der Waals surface area contributed by atoms with Crippen LogP contribution < -0.4 is 0 Å². The van der Waals surface area contributed by atoms with Gasteiger partial charge in [0, 0.05) is 12.8 Å². The largest absolute Gasteiger partial charge is 0.469 e. The molecular weight excluding hydrogens is 651 g/mol. The topological polar surface area (TPSA) is 119 Å². The average molecular weight is 727 g/mol. The van der Waals surface area contributed by atoms with Crippen molar-refractivity contribution in [2.24, 2.45) is 0 Å². The predicted octanol–water partition coefficient (Wildman–Crippen LogP) is 12.2. The average Bonchev–Trinajstić information content (AvgIpc) is 3.08. The van der Waals surface area contributed by atoms with Gasteiger partial charge in [0.25, 0.3) is 0 Å². The number of allylic oxidation sites excluding steroid dienone is 6. The second kappa shape index (κ2) is 37.0. The normalized spacial score (nSPS) is 12.8. The molecule has 9 heteroatoms. The van der Waals surface area contributed by atoms with Gasteiger partial charge in [0.05, 0.1) is 6.61 Å². The SMILES string of the molecule is CCCCC/C=C/C/C=C/CCCCCCCCCC(=O)OC[C@H](COP(=O)(O)O)OC(=O)CCCCCCCCC/C=C/CCCCCC. The number of carbonyl (C=O) groups is 2. The maximum absolute atomic E-state index is 12.4. The van der Waals surface area contributed by atoms with E-state index in [2.05, 4.69) is 54.8 Å². The summed E-state index contributed by atoms with van der Waals surface area (Å²) in [5.74, 6) is -0.897. The van der Waals surface area contributed by atoms with Gasteiger partial charge in [-0.05, 0) is 70.6 Å². The first-order valence-electron chi connectivity index (χ1n) is 20.3. The summed E-state index contributed by atoms with van der Waals surface area (Å²) in [6.07, 6.45) is 42.8. The first-order chi connectivity index (χ1) is 24.3. The molecule has 0 radical (unpaired) electrons. The number of phosphoric ester groups is 1. The molecule has 0 unspecified atom stereocenters. The Kier molecular flexibility index (Phi) is 35.8. The van der Waals surface area contributed by atoms with Crippen molar-refractivity contribution in [3.05, 3.63) is 36.5 Å². The highest BCUT2D eigenvalue weighted by Gasteiger charge is 2.22. The molecule has 2 N–H and O–H groups in total. The number of ether oxygens (including phenoxy) is 2. The number of hydrogen-bond donors (Lipinski definition) is 2. The first-order valence-corrected chi connectivity index (χ1v) is 21.8. The fourth-order valence-corrected chi connectivity index (χ4v) is 5.93. The van der Waals surface area contributed by atoms with Crippen molar-refractivity contribution in [3.63, 3.8) is 0 Å². The number of rotatable bonds is 37. The summed E-state index contributed by atoms with van der Waals surface area (Å²) in [6, 6.07) is 0. The Balaban J connectivity index is 3.94. The molecule has 0 saturated heterocycles. The van der Waals surface area contributed by atoms with Gasteiger partial charge in [-0.1, -0.05) is 147 Å². The van der Waals surface area contributed by atoms with Crippen LogP contribution in [0.15, 0.2) is 36.5 Å². The summed E-state index contributed by atoms with van der Waals surface area (Å²) in [4.78, 5) is 42.8. The standard InChI is InChI=1S/C41H75O8P/c1-3-5-7-9-11-13-15-17-19-20-22-23-25-27-29-31-33-35-40(42)47-37-39(38-48-50(44,45)46)49-41(43)36-34-32-30-28-26-24-21-18-16-14-12-10-8-6-4-2/h11,13-14,16-17,19,39H,3-10,12,15,18,20-38H2,1-2H3,(H2,44,45,46)/b13-11+,16-14+,19-17+/t39-/m1/s1. The molecule has 0 aromatic rings. The van der Waals surface area contributed by atoms with E-state index < -0.39 is 32.5 Å². The molecule has 0 spiro atoms. The van der Waals surface area contributed by atoms with Crippen LogP contribution in [0, 0.1) is 0 Å². The molecule has 8 nitrogen and oxygen atoms in total. The van der Waals surface area contributed by atoms with Crippen molar-refractivity contribution < 1.29 is 37.9 Å². The predicted molar refractivity (Wildman–Crippen MR) is 207 cm³/mol. The number of phosphoric acid groups is 1. The van der Waals surface area contributed by atoms with Gasteiger partial charge >= 0.3 is 19.8 Å². The lowest BCUT2D eigenvalue weighted by atomic mass is 10.1. The van der Waals surface area contributed by atoms with Gasteiger partial charge in [-0.25, -0.2) is 4.57 Å². The van der Waals surface area contributed by atoms with Crippen molar-refractivity contribution in [1.82, 2.24) is 0 Å². The Hall–Kier alpha value is -1.73. The third-order valence-corrected chi connectivity index (χ3v) is 9.12. The molecule has 0 aromatic carbocycles. The zero-order valence-electron chi connectivity index (χ0n) is 32.0. The minimum atomic E-state index is -4.75. The van der Waals surface area contributed by atoms with Crippen LogP contribution in [-0.2, 0) is 28.2 Å². The Bertz CT molecular complexity index is 910. The molecule has 0 rings (SSSR count). The minimum absolute atomic E-state index is 0.205. The van der Waals surface area contributed by atoms with Crippen molar-refractivity contribution in [3.8, 4) is 0 Å². The third kappa shape index (κ3) is 39.1. The summed E-state index contributed by atoms with van der Waals surface area (Å²) in [7, 11) is -4.75. The molecule has 0 fully saturated rings. The van der Waals surface area contributed by atoms with Crippen LogP contribution in [0.2, 0.25) is 0 Å². The van der Waals surface area contributed by atoms with Crippen molar-refractivity contribution in [2.75, 3.05) is 13.2 Å². The molecule has 0 saturated carbocycles. The Morgan fingerprint density at radius 2 is 0.900 bits per heavy atom. The molecule has 0 bridgehead atoms. The highest BCUT2D eigenvalue weighted by molar-refractivity contribution is 7.46. The summed E-state index contributed by atoms with van der Waals surface area (Å²) in [6.45, 7) is 3.64. The van der Waals surface area contributed by atoms with E-state index in [-0.39, 0.29) is 19.4 Å². The summed E-state index contributed by atoms with van der Waals surface area (Å²) < 4.78 is 26.4. The van der Waals surface area contributed by atoms with E-state index in [1.165, 1.54) is 96.3 Å². The Labute approximate surface area is 306 Å². The molecule has 0 aliphatic rings. The van der Waals surface area contributed by atoms with Gasteiger partial charge in [0.2, 0.25) is 0 Å². The zero-order chi connectivity index (χ0) is 36.8. The quantitative estimate of drug-likeness (QED) is 0.0281. The van der Waals surface area contributed by atoms with E-state index in [1.54, 1.807) is 0 Å². The molecular formula is C41H75O8P. The van der Waals surface area contributed by atoms with Gasteiger partial charge < -0.3 is 19.3 Å². The lowest BCUT2D eigenvalue weighted by molar-refractivity contribution is -0.161. The fourth-order valence-electron chi connectivity index (χ4n) is 5.57. The van der Waals surface area contributed by atoms with Crippen molar-refractivity contribution in [1.29, 1.82) is 0 Å². The van der Waals surface area contributed by atoms with E-state index in [1.807, 2.05) is 0 Å². The molecule has 0 amide bonds. The highest BCUT2D eigenvalue weighted by Crippen LogP contribution is 2.36. The van der Waals surface area contributed by atoms with Gasteiger partial charge in [0.1, 0.15) is 6.61 Å². The molecule has 1 atom stereocenters. The molecule has 0 aliphatic carbocycles. The lowest BCUT2D eigenvalue weighted by Crippen LogP contribution is -2.29. The van der Waals surface area contributed by atoms with Gasteiger partial charge in [-0.2, -0.15) is 0 Å². The Morgan fingerprint density at radius 3 is 1.38 bits per heavy atom. The monoisotopic (exact) mass is 727 g/mol. The number of esters is 2. The number of unbranched alkanes of at least 4 members (excludes halogenated alkanes) is 21. The minimum Gasteiger partial charge on any atom is -0.462 e. The van der Waals surface area contributed by atoms with Crippen LogP contribution in [0.5, 0.6) is 0 Å². The van der Waals surface area contributed by atoms with Crippen LogP contribution >= 0.6 is 7.82 Å². The zero-order valence-corrected chi connectivity index (χ0v) is 32.9. The number of hydrogen-bond acceptors (Lipinski definition) is 6. The summed E-state index contributed by atoms with van der Waals surface area (Å²) in [5.41, 5.74) is 0. The highest BCUT2D eigenvalue weighted by atomic mass is 31.2. The molecule has 0 heterocycles. The molecule has 0 aliphatic heterocycles. The van der Waals surface area contributed by atoms with Crippen LogP contribution in [0.4, 0.5) is 0 Å². The van der Waals surface area contributed by atoms with Crippen LogP contribution in [0.25, 0.3) is 0 Å². The maximum atomic E-state index is 12.4. The van der Waals surface area contributed by atoms with Gasteiger partial charge in [-0.15, -0.1) is 0 Å². The van der Waals surface area contributed by atoms with E-state index in [0.717, 1.165) is 57.8 Å². The summed E-state index contributed by atoms with van der Waals surface area (Å²) in [5, 5.41) is 0. The van der Waals surface area contributed by atoms with Crippen LogP contribution in [0.3, 0.4) is 0 Å².